The van der Waals surface area contributed by atoms with Gasteiger partial charge in [-0.15, -0.1) is 0 Å². The molecular formula is C31H32N4O3S. The van der Waals surface area contributed by atoms with E-state index in [2.05, 4.69) is 15.3 Å². The number of amides is 2. The van der Waals surface area contributed by atoms with E-state index in [0.29, 0.717) is 16.6 Å². The molecule has 0 saturated heterocycles. The Kier molecular flexibility index (Phi) is 9.33. The second kappa shape index (κ2) is 13.1. The summed E-state index contributed by atoms with van der Waals surface area (Å²) in [6.45, 7) is 6.08. The Morgan fingerprint density at radius 3 is 2.18 bits per heavy atom. The van der Waals surface area contributed by atoms with Crippen LogP contribution in [0.4, 0.5) is 5.69 Å². The summed E-state index contributed by atoms with van der Waals surface area (Å²) in [4.78, 5) is 38.4. The highest BCUT2D eigenvalue weighted by Gasteiger charge is 2.32. The number of carbonyl (C=O) groups is 2. The molecule has 7 nitrogen and oxygen atoms in total. The van der Waals surface area contributed by atoms with Crippen LogP contribution in [-0.4, -0.2) is 39.5 Å². The molecule has 0 bridgehead atoms. The van der Waals surface area contributed by atoms with Crippen LogP contribution in [0.1, 0.15) is 34.1 Å². The van der Waals surface area contributed by atoms with E-state index < -0.39 is 6.04 Å². The average Bonchev–Trinajstić information content (AvgIpc) is 2.93. The van der Waals surface area contributed by atoms with Gasteiger partial charge in [-0.2, -0.15) is 0 Å². The van der Waals surface area contributed by atoms with Crippen LogP contribution in [0.2, 0.25) is 0 Å². The first kappa shape index (κ1) is 27.9. The molecule has 0 aliphatic heterocycles. The maximum atomic E-state index is 13.9. The number of carbonyl (C=O) groups excluding carboxylic acids is 2. The lowest BCUT2D eigenvalue weighted by Crippen LogP contribution is -2.42. The summed E-state index contributed by atoms with van der Waals surface area (Å²) in [5.74, 6) is 0.286. The van der Waals surface area contributed by atoms with Gasteiger partial charge in [0, 0.05) is 23.6 Å². The minimum atomic E-state index is -0.860. The average molecular weight is 541 g/mol. The third-order valence-corrected chi connectivity index (χ3v) is 7.07. The molecule has 0 saturated carbocycles. The fraction of sp³-hybridized carbons (Fsp3) is 0.226. The summed E-state index contributed by atoms with van der Waals surface area (Å²) in [5.41, 5.74) is 5.03. The smallest absolute Gasteiger partial charge is 0.251 e. The minimum absolute atomic E-state index is 0.0912. The van der Waals surface area contributed by atoms with E-state index in [1.165, 1.54) is 11.8 Å². The van der Waals surface area contributed by atoms with E-state index in [9.17, 15) is 9.59 Å². The Labute approximate surface area is 233 Å². The van der Waals surface area contributed by atoms with E-state index in [1.807, 2.05) is 81.4 Å². The lowest BCUT2D eigenvalue weighted by atomic mass is 10.0. The van der Waals surface area contributed by atoms with E-state index >= 15 is 0 Å². The predicted molar refractivity (Wildman–Crippen MR) is 155 cm³/mol. The van der Waals surface area contributed by atoms with Gasteiger partial charge >= 0.3 is 0 Å². The van der Waals surface area contributed by atoms with E-state index in [1.54, 1.807) is 36.3 Å². The van der Waals surface area contributed by atoms with Crippen molar-refractivity contribution in [3.8, 4) is 5.75 Å². The van der Waals surface area contributed by atoms with E-state index in [0.717, 1.165) is 28.1 Å². The summed E-state index contributed by atoms with van der Waals surface area (Å²) < 4.78 is 5.24. The van der Waals surface area contributed by atoms with Gasteiger partial charge in [0.1, 0.15) is 11.8 Å². The highest BCUT2D eigenvalue weighted by atomic mass is 32.2. The van der Waals surface area contributed by atoms with Crippen LogP contribution in [0.15, 0.2) is 90.1 Å². The van der Waals surface area contributed by atoms with Crippen LogP contribution in [0.3, 0.4) is 0 Å². The minimum Gasteiger partial charge on any atom is -0.497 e. The van der Waals surface area contributed by atoms with Gasteiger partial charge in [0.05, 0.1) is 12.9 Å². The molecule has 2 amide bonds. The Morgan fingerprint density at radius 2 is 1.54 bits per heavy atom. The number of aromatic nitrogens is 2. The summed E-state index contributed by atoms with van der Waals surface area (Å²) in [6.07, 6.45) is 0. The summed E-state index contributed by atoms with van der Waals surface area (Å²) in [5, 5.41) is 3.53. The first-order chi connectivity index (χ1) is 18.8. The fourth-order valence-electron chi connectivity index (χ4n) is 4.25. The monoisotopic (exact) mass is 540 g/mol. The molecule has 0 aliphatic rings. The topological polar surface area (TPSA) is 84.4 Å². The number of nitrogens with one attached hydrogen (secondary N) is 1. The van der Waals surface area contributed by atoms with Crippen molar-refractivity contribution >= 4 is 29.3 Å². The number of anilines is 1. The Morgan fingerprint density at radius 1 is 0.897 bits per heavy atom. The van der Waals surface area contributed by atoms with Gasteiger partial charge < -0.3 is 15.0 Å². The predicted octanol–water partition coefficient (Wildman–Crippen LogP) is 5.91. The zero-order valence-corrected chi connectivity index (χ0v) is 23.4. The van der Waals surface area contributed by atoms with Gasteiger partial charge in [0.15, 0.2) is 5.16 Å². The van der Waals surface area contributed by atoms with Gasteiger partial charge in [-0.1, -0.05) is 66.4 Å². The zero-order chi connectivity index (χ0) is 27.8. The Hall–Kier alpha value is -4.17. The third kappa shape index (κ3) is 7.45. The van der Waals surface area contributed by atoms with Crippen molar-refractivity contribution in [1.29, 1.82) is 0 Å². The second-order valence-electron chi connectivity index (χ2n) is 9.20. The van der Waals surface area contributed by atoms with Gasteiger partial charge in [-0.05, 0) is 67.8 Å². The molecule has 8 heteroatoms. The molecule has 1 atom stereocenters. The first-order valence-electron chi connectivity index (χ1n) is 12.6. The third-order valence-electron chi connectivity index (χ3n) is 6.24. The molecule has 0 unspecified atom stereocenters. The van der Waals surface area contributed by atoms with Crippen molar-refractivity contribution in [2.24, 2.45) is 0 Å². The Bertz CT molecular complexity index is 1410. The lowest BCUT2D eigenvalue weighted by molar-refractivity contribution is -0.137. The first-order valence-corrected chi connectivity index (χ1v) is 13.6. The van der Waals surface area contributed by atoms with Crippen molar-refractivity contribution in [3.63, 3.8) is 0 Å². The number of thioether (sulfide) groups is 1. The van der Waals surface area contributed by atoms with Crippen LogP contribution in [-0.2, 0) is 16.1 Å². The van der Waals surface area contributed by atoms with E-state index in [-0.39, 0.29) is 24.1 Å². The molecule has 4 rings (SSSR count). The molecule has 1 N–H and O–H groups in total. The van der Waals surface area contributed by atoms with Gasteiger partial charge in [0.2, 0.25) is 5.91 Å². The standard InChI is InChI=1S/C31H32N4O3S/c1-21-10-8-9-13-25(21)19-35(28(36)20-39-31-32-22(2)18-23(3)33-31)29(24-11-6-5-7-12-24)30(37)34-26-14-16-27(38-4)17-15-26/h5-18,29H,19-20H2,1-4H3,(H,34,37)/t29-/m1/s1. The number of hydrogen-bond donors (Lipinski definition) is 1. The number of benzene rings is 3. The summed E-state index contributed by atoms with van der Waals surface area (Å²) >= 11 is 1.27. The largest absolute Gasteiger partial charge is 0.497 e. The quantitative estimate of drug-likeness (QED) is 0.199. The van der Waals surface area contributed by atoms with Crippen LogP contribution in [0.5, 0.6) is 5.75 Å². The molecule has 200 valence electrons. The van der Waals surface area contributed by atoms with Gasteiger partial charge in [0.25, 0.3) is 5.91 Å². The highest BCUT2D eigenvalue weighted by Crippen LogP contribution is 2.28. The molecule has 0 aliphatic carbocycles. The van der Waals surface area contributed by atoms with Crippen molar-refractivity contribution in [2.45, 2.75) is 38.5 Å². The number of ether oxygens (including phenoxy) is 1. The lowest BCUT2D eigenvalue weighted by Gasteiger charge is -2.32. The van der Waals surface area contributed by atoms with Crippen LogP contribution in [0.25, 0.3) is 0 Å². The maximum absolute atomic E-state index is 13.9. The molecule has 0 radical (unpaired) electrons. The van der Waals surface area contributed by atoms with E-state index in [4.69, 9.17) is 4.74 Å². The fourth-order valence-corrected chi connectivity index (χ4v) is 5.09. The molecule has 1 heterocycles. The number of aryl methyl sites for hydroxylation is 3. The van der Waals surface area contributed by atoms with Crippen LogP contribution < -0.4 is 10.1 Å². The molecule has 3 aromatic carbocycles. The van der Waals surface area contributed by atoms with Crippen molar-refractivity contribution in [2.75, 3.05) is 18.2 Å². The number of methoxy groups -OCH3 is 1. The van der Waals surface area contributed by atoms with Gasteiger partial charge in [-0.3, -0.25) is 9.59 Å². The number of nitrogens with zero attached hydrogens (tertiary/aromatic N) is 3. The highest BCUT2D eigenvalue weighted by molar-refractivity contribution is 7.99. The normalized spacial score (nSPS) is 11.5. The van der Waals surface area contributed by atoms with Crippen molar-refractivity contribution in [1.82, 2.24) is 14.9 Å². The molecule has 1 aromatic heterocycles. The zero-order valence-electron chi connectivity index (χ0n) is 22.5. The molecule has 0 fully saturated rings. The molecule has 39 heavy (non-hydrogen) atoms. The van der Waals surface area contributed by atoms with Crippen LogP contribution in [0, 0.1) is 20.8 Å². The number of rotatable bonds is 10. The molecule has 0 spiro atoms. The Balaban J connectivity index is 1.68. The maximum Gasteiger partial charge on any atom is 0.251 e. The van der Waals surface area contributed by atoms with Crippen LogP contribution >= 0.6 is 11.8 Å². The summed E-state index contributed by atoms with van der Waals surface area (Å²) in [6, 6.07) is 25.4. The molecular weight excluding hydrogens is 508 g/mol. The second-order valence-corrected chi connectivity index (χ2v) is 10.1. The van der Waals surface area contributed by atoms with Crippen molar-refractivity contribution < 1.29 is 14.3 Å². The van der Waals surface area contributed by atoms with Gasteiger partial charge in [-0.25, -0.2) is 9.97 Å². The summed E-state index contributed by atoms with van der Waals surface area (Å²) in [7, 11) is 1.59. The SMILES string of the molecule is COc1ccc(NC(=O)[C@@H](c2ccccc2)N(Cc2ccccc2C)C(=O)CSc2nc(C)cc(C)n2)cc1. The van der Waals surface area contributed by atoms with Crippen molar-refractivity contribution in [3.05, 3.63) is 113 Å². The molecule has 4 aromatic rings. The number of hydrogen-bond acceptors (Lipinski definition) is 6.